The molecule has 2 rings (SSSR count). The molecule has 0 aliphatic carbocycles. The minimum absolute atomic E-state index is 0.105. The van der Waals surface area contributed by atoms with Gasteiger partial charge in [-0.2, -0.15) is 0 Å². The summed E-state index contributed by atoms with van der Waals surface area (Å²) >= 11 is 6.23. The van der Waals surface area contributed by atoms with Crippen LogP contribution in [0.2, 0.25) is 0 Å². The largest absolute Gasteiger partial charge is 0.0635 e. The zero-order valence-electron chi connectivity index (χ0n) is 12.1. The quantitative estimate of drug-likeness (QED) is 0.648. The summed E-state index contributed by atoms with van der Waals surface area (Å²) in [6, 6.07) is 8.56. The molecule has 0 unspecified atom stereocenters. The standard InChI is InChI=1S/2C6H5Br/c2*7-6-4-2-1-3-5-6/h2*1-5H/i1D,2D,3D,4D,5D;. The monoisotopic (exact) mass is 317 g/mol. The van der Waals surface area contributed by atoms with E-state index in [1.165, 1.54) is 0 Å². The van der Waals surface area contributed by atoms with E-state index in [0.29, 0.717) is 0 Å². The number of benzene rings is 2. The highest BCUT2D eigenvalue weighted by molar-refractivity contribution is 9.10. The summed E-state index contributed by atoms with van der Waals surface area (Å²) < 4.78 is 37.4. The third kappa shape index (κ3) is 5.20. The fourth-order valence-electron chi connectivity index (χ4n) is 0.649. The van der Waals surface area contributed by atoms with Crippen molar-refractivity contribution in [3.63, 3.8) is 0 Å². The summed E-state index contributed by atoms with van der Waals surface area (Å²) in [4.78, 5) is 0. The SMILES string of the molecule is Brc1ccccc1.[2H]c1c([2H])c([2H])c(Br)c([2H])c1[2H]. The molecule has 0 spiro atoms. The van der Waals surface area contributed by atoms with Crippen LogP contribution in [0.25, 0.3) is 0 Å². The van der Waals surface area contributed by atoms with Gasteiger partial charge in [0.1, 0.15) is 0 Å². The molecule has 0 saturated carbocycles. The molecule has 14 heavy (non-hydrogen) atoms. The third-order valence-electron chi connectivity index (χ3n) is 1.20. The highest BCUT2D eigenvalue weighted by Crippen LogP contribution is 2.05. The Labute approximate surface area is 108 Å². The molecule has 0 fully saturated rings. The summed E-state index contributed by atoms with van der Waals surface area (Å²) in [5.74, 6) is 0. The molecule has 0 N–H and O–H groups in total. The van der Waals surface area contributed by atoms with Gasteiger partial charge in [-0.25, -0.2) is 0 Å². The van der Waals surface area contributed by atoms with Crippen LogP contribution in [-0.2, 0) is 0 Å². The summed E-state index contributed by atoms with van der Waals surface area (Å²) in [5, 5.41) is 0. The molecular formula is C12H10Br2. The van der Waals surface area contributed by atoms with Gasteiger partial charge < -0.3 is 0 Å². The van der Waals surface area contributed by atoms with E-state index in [4.69, 9.17) is 6.85 Å². The Balaban J connectivity index is 0.000000218. The normalized spacial score (nSPS) is 13.7. The Hall–Kier alpha value is -0.600. The van der Waals surface area contributed by atoms with Gasteiger partial charge in [0.25, 0.3) is 0 Å². The van der Waals surface area contributed by atoms with Gasteiger partial charge in [0.05, 0.1) is 6.85 Å². The molecule has 72 valence electrons. The highest BCUT2D eigenvalue weighted by atomic mass is 79.9. The maximum Gasteiger partial charge on any atom is 0.0635 e. The third-order valence-corrected chi connectivity index (χ3v) is 2.13. The Morgan fingerprint density at radius 1 is 0.786 bits per heavy atom. The molecule has 2 aromatic carbocycles. The molecule has 0 amide bonds. The fourth-order valence-corrected chi connectivity index (χ4v) is 1.15. The smallest absolute Gasteiger partial charge is 0.0622 e. The van der Waals surface area contributed by atoms with Crippen LogP contribution >= 0.6 is 31.9 Å². The molecule has 2 aromatic rings. The number of rotatable bonds is 0. The second kappa shape index (κ2) is 6.80. The van der Waals surface area contributed by atoms with Crippen LogP contribution in [0, 0.1) is 0 Å². The van der Waals surface area contributed by atoms with Gasteiger partial charge >= 0.3 is 0 Å². The van der Waals surface area contributed by atoms with Crippen molar-refractivity contribution in [1.82, 2.24) is 0 Å². The van der Waals surface area contributed by atoms with E-state index in [1.807, 2.05) is 30.3 Å². The number of halogens is 2. The van der Waals surface area contributed by atoms with Crippen molar-refractivity contribution in [1.29, 1.82) is 0 Å². The molecule has 0 aromatic heterocycles. The van der Waals surface area contributed by atoms with Crippen LogP contribution in [0.4, 0.5) is 0 Å². The zero-order chi connectivity index (χ0) is 14.6. The Bertz CT molecular complexity index is 467. The lowest BCUT2D eigenvalue weighted by Crippen LogP contribution is -1.55. The van der Waals surface area contributed by atoms with E-state index in [1.54, 1.807) is 0 Å². The van der Waals surface area contributed by atoms with E-state index >= 15 is 0 Å². The molecule has 0 aliphatic heterocycles. The lowest BCUT2D eigenvalue weighted by molar-refractivity contribution is 1.66. The molecular weight excluding hydrogens is 304 g/mol. The first-order valence-corrected chi connectivity index (χ1v) is 5.37. The average Bonchev–Trinajstić information content (AvgIpc) is 2.42. The molecule has 0 nitrogen and oxygen atoms in total. The lowest BCUT2D eigenvalue weighted by atomic mass is 10.4. The number of hydrogen-bond donors (Lipinski definition) is 0. The summed E-state index contributed by atoms with van der Waals surface area (Å²) in [5.41, 5.74) is 0. The van der Waals surface area contributed by atoms with Gasteiger partial charge in [-0.05, 0) is 24.2 Å². The van der Waals surface area contributed by atoms with Crippen molar-refractivity contribution in [2.45, 2.75) is 0 Å². The lowest BCUT2D eigenvalue weighted by Gasteiger charge is -1.80. The minimum atomic E-state index is -0.367. The van der Waals surface area contributed by atoms with Crippen molar-refractivity contribution in [2.24, 2.45) is 0 Å². The first-order chi connectivity index (χ1) is 8.86. The molecule has 0 atom stereocenters. The molecule has 0 saturated heterocycles. The van der Waals surface area contributed by atoms with Crippen LogP contribution in [0.15, 0.2) is 69.5 Å². The van der Waals surface area contributed by atoms with Crippen molar-refractivity contribution < 1.29 is 6.85 Å². The second-order valence-electron chi connectivity index (χ2n) is 2.23. The van der Waals surface area contributed by atoms with Crippen LogP contribution < -0.4 is 0 Å². The van der Waals surface area contributed by atoms with E-state index in [-0.39, 0.29) is 34.7 Å². The van der Waals surface area contributed by atoms with Crippen molar-refractivity contribution in [2.75, 3.05) is 0 Å². The van der Waals surface area contributed by atoms with E-state index in [9.17, 15) is 0 Å². The molecule has 0 heterocycles. The Kier molecular flexibility index (Phi) is 2.95. The molecule has 0 aliphatic rings. The maximum atomic E-state index is 7.26. The van der Waals surface area contributed by atoms with Crippen molar-refractivity contribution in [3.8, 4) is 0 Å². The maximum absolute atomic E-state index is 7.26. The van der Waals surface area contributed by atoms with Crippen molar-refractivity contribution >= 4 is 31.9 Å². The van der Waals surface area contributed by atoms with Crippen LogP contribution in [-0.4, -0.2) is 0 Å². The first-order valence-electron chi connectivity index (χ1n) is 6.29. The Morgan fingerprint density at radius 3 is 1.79 bits per heavy atom. The Morgan fingerprint density at radius 2 is 1.36 bits per heavy atom. The van der Waals surface area contributed by atoms with E-state index in [2.05, 4.69) is 31.9 Å². The van der Waals surface area contributed by atoms with Gasteiger partial charge in [-0.3, -0.25) is 0 Å². The van der Waals surface area contributed by atoms with E-state index < -0.39 is 0 Å². The number of hydrogen-bond acceptors (Lipinski definition) is 0. The van der Waals surface area contributed by atoms with Gasteiger partial charge in [0, 0.05) is 8.95 Å². The van der Waals surface area contributed by atoms with Crippen LogP contribution in [0.1, 0.15) is 6.85 Å². The summed E-state index contributed by atoms with van der Waals surface area (Å²) in [7, 11) is 0. The average molecular weight is 319 g/mol. The van der Waals surface area contributed by atoms with Crippen LogP contribution in [0.5, 0.6) is 0 Å². The van der Waals surface area contributed by atoms with Crippen LogP contribution in [0.3, 0.4) is 0 Å². The second-order valence-corrected chi connectivity index (χ2v) is 3.94. The minimum Gasteiger partial charge on any atom is -0.0622 e. The molecule has 2 heteroatoms. The van der Waals surface area contributed by atoms with Gasteiger partial charge in [0.2, 0.25) is 0 Å². The molecule has 0 radical (unpaired) electrons. The highest BCUT2D eigenvalue weighted by Gasteiger charge is 1.75. The predicted molar refractivity (Wildman–Crippen MR) is 68.3 cm³/mol. The van der Waals surface area contributed by atoms with Gasteiger partial charge in [-0.15, -0.1) is 0 Å². The zero-order valence-corrected chi connectivity index (χ0v) is 10.3. The van der Waals surface area contributed by atoms with Gasteiger partial charge in [0.15, 0.2) is 0 Å². The fraction of sp³-hybridized carbons (Fsp3) is 0. The first kappa shape index (κ1) is 6.09. The van der Waals surface area contributed by atoms with Gasteiger partial charge in [-0.1, -0.05) is 68.2 Å². The summed E-state index contributed by atoms with van der Waals surface area (Å²) in [6.45, 7) is 0. The predicted octanol–water partition coefficient (Wildman–Crippen LogP) is 4.90. The summed E-state index contributed by atoms with van der Waals surface area (Å²) in [6.07, 6.45) is 0. The van der Waals surface area contributed by atoms with E-state index in [0.717, 1.165) is 4.47 Å². The molecule has 0 bridgehead atoms. The topological polar surface area (TPSA) is 0 Å². The van der Waals surface area contributed by atoms with Crippen molar-refractivity contribution in [3.05, 3.63) is 69.5 Å².